The summed E-state index contributed by atoms with van der Waals surface area (Å²) in [4.78, 5) is 11.6. The molecule has 0 aromatic heterocycles. The summed E-state index contributed by atoms with van der Waals surface area (Å²) < 4.78 is 5.48. The molecule has 1 saturated carbocycles. The van der Waals surface area contributed by atoms with Gasteiger partial charge in [0.1, 0.15) is 6.10 Å². The first kappa shape index (κ1) is 14.5. The third-order valence-corrected chi connectivity index (χ3v) is 3.60. The van der Waals surface area contributed by atoms with E-state index in [-0.39, 0.29) is 12.1 Å². The molecule has 0 spiro atoms. The van der Waals surface area contributed by atoms with Crippen molar-refractivity contribution in [3.8, 4) is 0 Å². The van der Waals surface area contributed by atoms with Crippen molar-refractivity contribution in [1.29, 1.82) is 0 Å². The predicted molar refractivity (Wildman–Crippen MR) is 69.7 cm³/mol. The summed E-state index contributed by atoms with van der Waals surface area (Å²) in [6.07, 6.45) is 9.53. The molecule has 0 aromatic rings. The van der Waals surface area contributed by atoms with E-state index in [9.17, 15) is 4.79 Å². The lowest BCUT2D eigenvalue weighted by atomic mass is 9.89. The summed E-state index contributed by atoms with van der Waals surface area (Å²) in [5, 5.41) is 0. The zero-order valence-electron chi connectivity index (χ0n) is 11.1. The van der Waals surface area contributed by atoms with Gasteiger partial charge in [-0.2, -0.15) is 0 Å². The standard InChI is InChI=1S/C14H27NO2/c1-12-7-9-13(10-8-12)17-14(16)6-4-2-3-5-11-15/h12-13H,2-11,15H2,1H3. The second-order valence-corrected chi connectivity index (χ2v) is 5.32. The maximum Gasteiger partial charge on any atom is 0.306 e. The number of carbonyl (C=O) groups is 1. The normalized spacial score (nSPS) is 24.6. The van der Waals surface area contributed by atoms with Gasteiger partial charge in [-0.05, 0) is 51.0 Å². The monoisotopic (exact) mass is 241 g/mol. The van der Waals surface area contributed by atoms with Crippen molar-refractivity contribution in [3.05, 3.63) is 0 Å². The first-order valence-corrected chi connectivity index (χ1v) is 7.12. The van der Waals surface area contributed by atoms with Gasteiger partial charge in [-0.3, -0.25) is 4.79 Å². The molecule has 0 aromatic carbocycles. The van der Waals surface area contributed by atoms with Crippen molar-refractivity contribution in [2.24, 2.45) is 11.7 Å². The average molecular weight is 241 g/mol. The summed E-state index contributed by atoms with van der Waals surface area (Å²) in [6.45, 7) is 3.03. The van der Waals surface area contributed by atoms with E-state index in [2.05, 4.69) is 6.92 Å². The molecule has 3 heteroatoms. The summed E-state index contributed by atoms with van der Waals surface area (Å²) in [5.41, 5.74) is 5.41. The molecule has 0 atom stereocenters. The molecule has 0 unspecified atom stereocenters. The van der Waals surface area contributed by atoms with Crippen molar-refractivity contribution in [2.45, 2.75) is 70.8 Å². The fraction of sp³-hybridized carbons (Fsp3) is 0.929. The van der Waals surface area contributed by atoms with E-state index in [0.717, 1.165) is 51.0 Å². The molecule has 0 heterocycles. The lowest BCUT2D eigenvalue weighted by Gasteiger charge is -2.25. The number of rotatable bonds is 7. The number of esters is 1. The molecule has 1 aliphatic rings. The summed E-state index contributed by atoms with van der Waals surface area (Å²) in [6, 6.07) is 0. The van der Waals surface area contributed by atoms with Gasteiger partial charge in [0.2, 0.25) is 0 Å². The molecule has 1 aliphatic carbocycles. The number of ether oxygens (including phenoxy) is 1. The first-order chi connectivity index (χ1) is 8.22. The van der Waals surface area contributed by atoms with E-state index in [0.29, 0.717) is 6.42 Å². The van der Waals surface area contributed by atoms with Crippen LogP contribution in [0.25, 0.3) is 0 Å². The van der Waals surface area contributed by atoms with Gasteiger partial charge in [-0.1, -0.05) is 19.8 Å². The van der Waals surface area contributed by atoms with Crippen molar-refractivity contribution in [1.82, 2.24) is 0 Å². The number of hydrogen-bond donors (Lipinski definition) is 1. The smallest absolute Gasteiger partial charge is 0.306 e. The average Bonchev–Trinajstić information content (AvgIpc) is 2.32. The Morgan fingerprint density at radius 1 is 1.12 bits per heavy atom. The molecule has 17 heavy (non-hydrogen) atoms. The second-order valence-electron chi connectivity index (χ2n) is 5.32. The van der Waals surface area contributed by atoms with Crippen LogP contribution in [0.15, 0.2) is 0 Å². The molecule has 2 N–H and O–H groups in total. The minimum absolute atomic E-state index is 0.00250. The van der Waals surface area contributed by atoms with Crippen molar-refractivity contribution in [3.63, 3.8) is 0 Å². The van der Waals surface area contributed by atoms with Gasteiger partial charge < -0.3 is 10.5 Å². The maximum absolute atomic E-state index is 11.6. The molecular formula is C14H27NO2. The molecule has 0 radical (unpaired) electrons. The third kappa shape index (κ3) is 6.67. The Morgan fingerprint density at radius 2 is 1.76 bits per heavy atom. The van der Waals surface area contributed by atoms with Gasteiger partial charge in [0.25, 0.3) is 0 Å². The van der Waals surface area contributed by atoms with Crippen molar-refractivity contribution >= 4 is 5.97 Å². The molecule has 3 nitrogen and oxygen atoms in total. The first-order valence-electron chi connectivity index (χ1n) is 7.12. The Morgan fingerprint density at radius 3 is 2.41 bits per heavy atom. The van der Waals surface area contributed by atoms with Gasteiger partial charge in [0, 0.05) is 6.42 Å². The van der Waals surface area contributed by atoms with Crippen LogP contribution in [0.5, 0.6) is 0 Å². The van der Waals surface area contributed by atoms with Crippen LogP contribution in [0.3, 0.4) is 0 Å². The molecule has 1 fully saturated rings. The highest BCUT2D eigenvalue weighted by Crippen LogP contribution is 2.25. The second kappa shape index (κ2) is 8.51. The van der Waals surface area contributed by atoms with E-state index < -0.39 is 0 Å². The molecule has 0 aliphatic heterocycles. The number of hydrogen-bond acceptors (Lipinski definition) is 3. The highest BCUT2D eigenvalue weighted by molar-refractivity contribution is 5.69. The Balaban J connectivity index is 2.00. The van der Waals surface area contributed by atoms with Gasteiger partial charge in [0.05, 0.1) is 0 Å². The highest BCUT2D eigenvalue weighted by Gasteiger charge is 2.20. The topological polar surface area (TPSA) is 52.3 Å². The van der Waals surface area contributed by atoms with E-state index in [1.165, 1.54) is 12.8 Å². The zero-order valence-corrected chi connectivity index (χ0v) is 11.1. The highest BCUT2D eigenvalue weighted by atomic mass is 16.5. The van der Waals surface area contributed by atoms with Crippen LogP contribution in [-0.2, 0) is 9.53 Å². The van der Waals surface area contributed by atoms with Crippen LogP contribution in [0.4, 0.5) is 0 Å². The van der Waals surface area contributed by atoms with Gasteiger partial charge in [-0.15, -0.1) is 0 Å². The minimum atomic E-state index is -0.00250. The van der Waals surface area contributed by atoms with E-state index >= 15 is 0 Å². The molecule has 0 amide bonds. The fourth-order valence-electron chi connectivity index (χ4n) is 2.36. The molecule has 0 saturated heterocycles. The van der Waals surface area contributed by atoms with E-state index in [4.69, 9.17) is 10.5 Å². The van der Waals surface area contributed by atoms with Crippen LogP contribution in [0, 0.1) is 5.92 Å². The molecule has 100 valence electrons. The van der Waals surface area contributed by atoms with Gasteiger partial charge in [0.15, 0.2) is 0 Å². The summed E-state index contributed by atoms with van der Waals surface area (Å²) >= 11 is 0. The molecule has 0 bridgehead atoms. The van der Waals surface area contributed by atoms with Crippen LogP contribution >= 0.6 is 0 Å². The van der Waals surface area contributed by atoms with Crippen LogP contribution in [0.1, 0.15) is 64.7 Å². The summed E-state index contributed by atoms with van der Waals surface area (Å²) in [5.74, 6) is 0.804. The lowest BCUT2D eigenvalue weighted by molar-refractivity contribution is -0.151. The maximum atomic E-state index is 11.6. The van der Waals surface area contributed by atoms with Crippen molar-refractivity contribution in [2.75, 3.05) is 6.54 Å². The quantitative estimate of drug-likeness (QED) is 0.550. The van der Waals surface area contributed by atoms with Gasteiger partial charge in [-0.25, -0.2) is 0 Å². The number of carbonyl (C=O) groups excluding carboxylic acids is 1. The van der Waals surface area contributed by atoms with Gasteiger partial charge >= 0.3 is 5.97 Å². The SMILES string of the molecule is CC1CCC(OC(=O)CCCCCCN)CC1. The number of nitrogens with two attached hydrogens (primary N) is 1. The molecular weight excluding hydrogens is 214 g/mol. The minimum Gasteiger partial charge on any atom is -0.462 e. The number of unbranched alkanes of at least 4 members (excludes halogenated alkanes) is 3. The van der Waals surface area contributed by atoms with Crippen LogP contribution < -0.4 is 5.73 Å². The zero-order chi connectivity index (χ0) is 12.5. The third-order valence-electron chi connectivity index (χ3n) is 3.60. The Labute approximate surface area is 105 Å². The Hall–Kier alpha value is -0.570. The van der Waals surface area contributed by atoms with Crippen LogP contribution in [0.2, 0.25) is 0 Å². The van der Waals surface area contributed by atoms with E-state index in [1.54, 1.807) is 0 Å². The fourth-order valence-corrected chi connectivity index (χ4v) is 2.36. The van der Waals surface area contributed by atoms with Crippen LogP contribution in [-0.4, -0.2) is 18.6 Å². The lowest BCUT2D eigenvalue weighted by Crippen LogP contribution is -2.23. The Kier molecular flexibility index (Phi) is 7.25. The largest absolute Gasteiger partial charge is 0.462 e. The Bertz CT molecular complexity index is 210. The summed E-state index contributed by atoms with van der Waals surface area (Å²) in [7, 11) is 0. The predicted octanol–water partition coefficient (Wildman–Crippen LogP) is 3.02. The van der Waals surface area contributed by atoms with E-state index in [1.807, 2.05) is 0 Å². The van der Waals surface area contributed by atoms with Crippen molar-refractivity contribution < 1.29 is 9.53 Å². The molecule has 1 rings (SSSR count).